The Labute approximate surface area is 93.3 Å². The van der Waals surface area contributed by atoms with Gasteiger partial charge in [0.05, 0.1) is 23.6 Å². The second-order valence-corrected chi connectivity index (χ2v) is 5.08. The van der Waals surface area contributed by atoms with E-state index >= 15 is 0 Å². The highest BCUT2D eigenvalue weighted by atomic mass is 35.5. The average molecular weight is 251 g/mol. The van der Waals surface area contributed by atoms with E-state index in [0.717, 1.165) is 0 Å². The number of hydrogen-bond acceptors (Lipinski definition) is 4. The van der Waals surface area contributed by atoms with Crippen molar-refractivity contribution >= 4 is 21.6 Å². The molecule has 1 rings (SSSR count). The lowest BCUT2D eigenvalue weighted by Crippen LogP contribution is -2.18. The molecule has 1 aromatic rings. The molecule has 0 unspecified atom stereocenters. The molecule has 84 valence electrons. The summed E-state index contributed by atoms with van der Waals surface area (Å²) in [4.78, 5) is 3.81. The van der Waals surface area contributed by atoms with Crippen LogP contribution in [0, 0.1) is 0 Å². The molecular formula is C8H11ClN2O3S. The van der Waals surface area contributed by atoms with Gasteiger partial charge in [0.15, 0.2) is 0 Å². The average Bonchev–Trinajstić information content (AvgIpc) is 2.11. The summed E-state index contributed by atoms with van der Waals surface area (Å²) in [5.74, 6) is 0.415. The minimum atomic E-state index is -3.41. The van der Waals surface area contributed by atoms with Gasteiger partial charge in [0.2, 0.25) is 10.0 Å². The molecule has 0 fully saturated rings. The van der Waals surface area contributed by atoms with Crippen molar-refractivity contribution in [3.05, 3.63) is 23.5 Å². The maximum absolute atomic E-state index is 10.6. The maximum Gasteiger partial charge on any atom is 0.209 e. The fraction of sp³-hybridized carbons (Fsp3) is 0.375. The third-order valence-electron chi connectivity index (χ3n) is 1.52. The Hall–Kier alpha value is -0.850. The van der Waals surface area contributed by atoms with Crippen LogP contribution in [0.25, 0.3) is 0 Å². The SMILES string of the molecule is NS(=O)(=O)CCCOc1cncc(Cl)c1. The minimum Gasteiger partial charge on any atom is -0.492 e. The Balaban J connectivity index is 2.32. The molecule has 7 heteroatoms. The van der Waals surface area contributed by atoms with E-state index in [2.05, 4.69) is 4.98 Å². The zero-order valence-corrected chi connectivity index (χ0v) is 9.46. The van der Waals surface area contributed by atoms with Crippen LogP contribution >= 0.6 is 11.6 Å². The van der Waals surface area contributed by atoms with E-state index in [-0.39, 0.29) is 12.4 Å². The van der Waals surface area contributed by atoms with E-state index in [1.54, 1.807) is 6.07 Å². The molecule has 0 spiro atoms. The van der Waals surface area contributed by atoms with Gasteiger partial charge in [-0.25, -0.2) is 13.6 Å². The van der Waals surface area contributed by atoms with Crippen molar-refractivity contribution < 1.29 is 13.2 Å². The van der Waals surface area contributed by atoms with Crippen molar-refractivity contribution in [2.45, 2.75) is 6.42 Å². The first-order valence-corrected chi connectivity index (χ1v) is 6.30. The standard InChI is InChI=1S/C8H11ClN2O3S/c9-7-4-8(6-11-5-7)14-2-1-3-15(10,12)13/h4-6H,1-3H2,(H2,10,12,13). The molecule has 0 saturated carbocycles. The van der Waals surface area contributed by atoms with Crippen molar-refractivity contribution in [1.82, 2.24) is 4.98 Å². The second kappa shape index (κ2) is 5.29. The lowest BCUT2D eigenvalue weighted by Gasteiger charge is -2.04. The number of nitrogens with zero attached hydrogens (tertiary/aromatic N) is 1. The van der Waals surface area contributed by atoms with Crippen LogP contribution in [0.2, 0.25) is 5.02 Å². The first-order chi connectivity index (χ1) is 6.97. The van der Waals surface area contributed by atoms with E-state index in [4.69, 9.17) is 21.5 Å². The molecule has 0 aromatic carbocycles. The summed E-state index contributed by atoms with van der Waals surface area (Å²) in [5.41, 5.74) is 0. The van der Waals surface area contributed by atoms with Gasteiger partial charge in [-0.1, -0.05) is 11.6 Å². The molecule has 5 nitrogen and oxygen atoms in total. The highest BCUT2D eigenvalue weighted by Gasteiger charge is 2.02. The number of hydrogen-bond donors (Lipinski definition) is 1. The zero-order valence-electron chi connectivity index (χ0n) is 7.89. The third-order valence-corrected chi connectivity index (χ3v) is 2.59. The number of primary sulfonamides is 1. The summed E-state index contributed by atoms with van der Waals surface area (Å²) in [6.07, 6.45) is 3.33. The van der Waals surface area contributed by atoms with Gasteiger partial charge < -0.3 is 4.74 Å². The summed E-state index contributed by atoms with van der Waals surface area (Å²) in [6, 6.07) is 1.60. The Kier molecular flexibility index (Phi) is 4.31. The normalized spacial score (nSPS) is 11.3. The summed E-state index contributed by atoms with van der Waals surface area (Å²) in [5, 5.41) is 5.29. The minimum absolute atomic E-state index is 0.0962. The van der Waals surface area contributed by atoms with Crippen LogP contribution in [0.5, 0.6) is 5.75 Å². The van der Waals surface area contributed by atoms with Crippen LogP contribution in [0.3, 0.4) is 0 Å². The number of rotatable bonds is 5. The van der Waals surface area contributed by atoms with Gasteiger partial charge in [-0.15, -0.1) is 0 Å². The van der Waals surface area contributed by atoms with Crippen LogP contribution in [0.1, 0.15) is 6.42 Å². The molecule has 0 saturated heterocycles. The van der Waals surface area contributed by atoms with Gasteiger partial charge >= 0.3 is 0 Å². The molecule has 0 atom stereocenters. The predicted octanol–water partition coefficient (Wildman–Crippen LogP) is 0.792. The largest absolute Gasteiger partial charge is 0.492 e. The van der Waals surface area contributed by atoms with E-state index < -0.39 is 10.0 Å². The Morgan fingerprint density at radius 3 is 2.80 bits per heavy atom. The van der Waals surface area contributed by atoms with Crippen molar-refractivity contribution in [2.24, 2.45) is 5.14 Å². The van der Waals surface area contributed by atoms with Crippen LogP contribution < -0.4 is 9.88 Å². The molecule has 0 aliphatic heterocycles. The zero-order chi connectivity index (χ0) is 11.3. The van der Waals surface area contributed by atoms with Crippen molar-refractivity contribution in [1.29, 1.82) is 0 Å². The molecule has 0 aliphatic rings. The summed E-state index contributed by atoms with van der Waals surface area (Å²) < 4.78 is 26.4. The van der Waals surface area contributed by atoms with Crippen LogP contribution in [0.4, 0.5) is 0 Å². The monoisotopic (exact) mass is 250 g/mol. The Morgan fingerprint density at radius 1 is 1.47 bits per heavy atom. The topological polar surface area (TPSA) is 82.3 Å². The van der Waals surface area contributed by atoms with Gasteiger partial charge in [0, 0.05) is 12.3 Å². The van der Waals surface area contributed by atoms with Crippen LogP contribution in [-0.4, -0.2) is 25.8 Å². The fourth-order valence-corrected chi connectivity index (χ4v) is 1.61. The smallest absolute Gasteiger partial charge is 0.209 e. The number of aromatic nitrogens is 1. The van der Waals surface area contributed by atoms with Crippen molar-refractivity contribution in [3.63, 3.8) is 0 Å². The highest BCUT2D eigenvalue weighted by Crippen LogP contribution is 2.14. The van der Waals surface area contributed by atoms with Crippen molar-refractivity contribution in [3.8, 4) is 5.75 Å². The lowest BCUT2D eigenvalue weighted by molar-refractivity contribution is 0.316. The molecule has 2 N–H and O–H groups in total. The van der Waals surface area contributed by atoms with Gasteiger partial charge in [0.25, 0.3) is 0 Å². The first-order valence-electron chi connectivity index (χ1n) is 4.21. The summed E-state index contributed by atoms with van der Waals surface area (Å²) in [7, 11) is -3.41. The lowest BCUT2D eigenvalue weighted by atomic mass is 10.4. The Morgan fingerprint density at radius 2 is 2.20 bits per heavy atom. The highest BCUT2D eigenvalue weighted by molar-refractivity contribution is 7.89. The maximum atomic E-state index is 10.6. The Bertz CT molecular complexity index is 422. The van der Waals surface area contributed by atoms with Gasteiger partial charge in [-0.05, 0) is 6.42 Å². The molecule has 0 amide bonds. The van der Waals surface area contributed by atoms with E-state index in [0.29, 0.717) is 17.2 Å². The number of ether oxygens (including phenoxy) is 1. The number of sulfonamides is 1. The first kappa shape index (κ1) is 12.2. The molecule has 15 heavy (non-hydrogen) atoms. The number of pyridine rings is 1. The van der Waals surface area contributed by atoms with E-state index in [9.17, 15) is 8.42 Å². The second-order valence-electron chi connectivity index (χ2n) is 2.91. The summed E-state index contributed by atoms with van der Waals surface area (Å²) in [6.45, 7) is 0.262. The molecule has 0 aliphatic carbocycles. The van der Waals surface area contributed by atoms with E-state index in [1.807, 2.05) is 0 Å². The van der Waals surface area contributed by atoms with Gasteiger partial charge in [-0.3, -0.25) is 4.98 Å². The van der Waals surface area contributed by atoms with E-state index in [1.165, 1.54) is 12.4 Å². The van der Waals surface area contributed by atoms with Crippen LogP contribution in [0.15, 0.2) is 18.5 Å². The molecule has 1 heterocycles. The quantitative estimate of drug-likeness (QED) is 0.784. The fourth-order valence-electron chi connectivity index (χ4n) is 0.921. The molecule has 0 radical (unpaired) electrons. The van der Waals surface area contributed by atoms with Crippen molar-refractivity contribution in [2.75, 3.05) is 12.4 Å². The summed E-state index contributed by atoms with van der Waals surface area (Å²) >= 11 is 5.67. The number of halogens is 1. The third kappa shape index (κ3) is 5.56. The predicted molar refractivity (Wildman–Crippen MR) is 57.3 cm³/mol. The van der Waals surface area contributed by atoms with Gasteiger partial charge in [-0.2, -0.15) is 0 Å². The number of nitrogens with two attached hydrogens (primary N) is 1. The van der Waals surface area contributed by atoms with Gasteiger partial charge in [0.1, 0.15) is 5.75 Å². The molecule has 1 aromatic heterocycles. The molecular weight excluding hydrogens is 240 g/mol. The molecule has 0 bridgehead atoms. The van der Waals surface area contributed by atoms with Crippen LogP contribution in [-0.2, 0) is 10.0 Å².